The summed E-state index contributed by atoms with van der Waals surface area (Å²) in [4.78, 5) is 0. The topological polar surface area (TPSA) is 43.6 Å². The molecule has 1 heterocycles. The predicted octanol–water partition coefficient (Wildman–Crippen LogP) is 2.65. The van der Waals surface area contributed by atoms with Gasteiger partial charge in [-0.05, 0) is 35.0 Å². The number of tetrazole rings is 1. The quantitative estimate of drug-likeness (QED) is 0.748. The van der Waals surface area contributed by atoms with E-state index in [2.05, 4.69) is 15.5 Å². The van der Waals surface area contributed by atoms with Crippen LogP contribution in [0, 0.1) is 6.92 Å². The molecule has 1 aromatic carbocycles. The van der Waals surface area contributed by atoms with E-state index < -0.39 is 0 Å². The molecule has 0 spiro atoms. The molecule has 2 aromatic rings. The molecule has 0 radical (unpaired) electrons. The summed E-state index contributed by atoms with van der Waals surface area (Å²) in [5.41, 5.74) is 1.90. The van der Waals surface area contributed by atoms with Crippen molar-refractivity contribution in [2.24, 2.45) is 0 Å². The molecule has 0 fully saturated rings. The minimum Gasteiger partial charge on any atom is -0.201 e. The van der Waals surface area contributed by atoms with Crippen molar-refractivity contribution in [1.82, 2.24) is 20.2 Å². The van der Waals surface area contributed by atoms with Crippen LogP contribution in [0.5, 0.6) is 0 Å². The smallest absolute Gasteiger partial charge is 0.143 e. The molecule has 80 valence electrons. The Kier molecular flexibility index (Phi) is 4.24. The van der Waals surface area contributed by atoms with Crippen LogP contribution < -0.4 is 0 Å². The van der Waals surface area contributed by atoms with Gasteiger partial charge >= 0.3 is 0 Å². The van der Waals surface area contributed by atoms with Crippen molar-refractivity contribution in [3.63, 3.8) is 0 Å². The van der Waals surface area contributed by atoms with Crippen LogP contribution in [0.1, 0.15) is 19.4 Å². The van der Waals surface area contributed by atoms with E-state index in [1.165, 1.54) is 6.33 Å². The van der Waals surface area contributed by atoms with Gasteiger partial charge in [-0.2, -0.15) is 0 Å². The molecule has 0 unspecified atom stereocenters. The van der Waals surface area contributed by atoms with E-state index in [4.69, 9.17) is 11.6 Å². The van der Waals surface area contributed by atoms with E-state index in [0.717, 1.165) is 11.3 Å². The minimum absolute atomic E-state index is 0.716. The molecule has 1 aromatic heterocycles. The van der Waals surface area contributed by atoms with Crippen LogP contribution in [0.2, 0.25) is 5.02 Å². The van der Waals surface area contributed by atoms with Crippen LogP contribution in [-0.2, 0) is 0 Å². The fourth-order valence-corrected chi connectivity index (χ4v) is 1.18. The molecule has 4 nitrogen and oxygen atoms in total. The Bertz CT molecular complexity index is 411. The molecular formula is C10H13ClN4. The molecule has 0 aliphatic heterocycles. The minimum atomic E-state index is 0.716. The number of hydrogen-bond donors (Lipinski definition) is 0. The number of hydrogen-bond acceptors (Lipinski definition) is 3. The van der Waals surface area contributed by atoms with Crippen molar-refractivity contribution < 1.29 is 0 Å². The lowest BCUT2D eigenvalue weighted by Crippen LogP contribution is -1.94. The maximum Gasteiger partial charge on any atom is 0.143 e. The Morgan fingerprint density at radius 1 is 1.27 bits per heavy atom. The van der Waals surface area contributed by atoms with Gasteiger partial charge in [0.25, 0.3) is 0 Å². The van der Waals surface area contributed by atoms with Gasteiger partial charge in [0.1, 0.15) is 6.33 Å². The first-order valence-electron chi connectivity index (χ1n) is 4.77. The summed E-state index contributed by atoms with van der Waals surface area (Å²) in [5, 5.41) is 11.5. The highest BCUT2D eigenvalue weighted by atomic mass is 35.5. The molecule has 2 rings (SSSR count). The molecule has 0 saturated carbocycles. The zero-order valence-corrected chi connectivity index (χ0v) is 9.73. The Hall–Kier alpha value is -1.42. The zero-order valence-electron chi connectivity index (χ0n) is 8.98. The third-order valence-electron chi connectivity index (χ3n) is 1.77. The molecule has 0 amide bonds. The highest BCUT2D eigenvalue weighted by Gasteiger charge is 2.00. The number of benzene rings is 1. The van der Waals surface area contributed by atoms with Gasteiger partial charge in [-0.25, -0.2) is 4.68 Å². The SMILES string of the molecule is CC.Cc1ccc(-n2cnnn2)cc1Cl. The predicted molar refractivity (Wildman–Crippen MR) is 60.2 cm³/mol. The largest absolute Gasteiger partial charge is 0.201 e. The van der Waals surface area contributed by atoms with Crippen LogP contribution in [0.15, 0.2) is 24.5 Å². The van der Waals surface area contributed by atoms with Gasteiger partial charge < -0.3 is 0 Å². The lowest BCUT2D eigenvalue weighted by atomic mass is 10.2. The van der Waals surface area contributed by atoms with Gasteiger partial charge in [-0.3, -0.25) is 0 Å². The van der Waals surface area contributed by atoms with Crippen molar-refractivity contribution in [1.29, 1.82) is 0 Å². The van der Waals surface area contributed by atoms with E-state index in [-0.39, 0.29) is 0 Å². The van der Waals surface area contributed by atoms with Gasteiger partial charge in [-0.1, -0.05) is 31.5 Å². The van der Waals surface area contributed by atoms with Gasteiger partial charge in [-0.15, -0.1) is 5.10 Å². The second-order valence-corrected chi connectivity index (χ2v) is 3.10. The summed E-state index contributed by atoms with van der Waals surface area (Å²) in [6.07, 6.45) is 1.53. The van der Waals surface area contributed by atoms with Crippen LogP contribution >= 0.6 is 11.6 Å². The fourth-order valence-electron chi connectivity index (χ4n) is 1.00. The van der Waals surface area contributed by atoms with Gasteiger partial charge in [0.15, 0.2) is 0 Å². The van der Waals surface area contributed by atoms with Crippen LogP contribution in [0.3, 0.4) is 0 Å². The monoisotopic (exact) mass is 224 g/mol. The molecule has 5 heteroatoms. The highest BCUT2D eigenvalue weighted by molar-refractivity contribution is 6.31. The highest BCUT2D eigenvalue weighted by Crippen LogP contribution is 2.18. The maximum atomic E-state index is 5.95. The average Bonchev–Trinajstić information content (AvgIpc) is 2.78. The summed E-state index contributed by atoms with van der Waals surface area (Å²) in [7, 11) is 0. The van der Waals surface area contributed by atoms with Crippen LogP contribution in [0.4, 0.5) is 0 Å². The number of aromatic nitrogens is 4. The maximum absolute atomic E-state index is 5.95. The Balaban J connectivity index is 0.000000531. The van der Waals surface area contributed by atoms with Crippen LogP contribution in [-0.4, -0.2) is 20.2 Å². The van der Waals surface area contributed by atoms with E-state index in [1.54, 1.807) is 4.68 Å². The second kappa shape index (κ2) is 5.46. The van der Waals surface area contributed by atoms with E-state index >= 15 is 0 Å². The fraction of sp³-hybridized carbons (Fsp3) is 0.300. The van der Waals surface area contributed by atoms with Crippen molar-refractivity contribution >= 4 is 11.6 Å². The Morgan fingerprint density at radius 2 is 2.00 bits per heavy atom. The summed E-state index contributed by atoms with van der Waals surface area (Å²) >= 11 is 5.95. The number of halogens is 1. The van der Waals surface area contributed by atoms with Gasteiger partial charge in [0.2, 0.25) is 0 Å². The van der Waals surface area contributed by atoms with Crippen molar-refractivity contribution in [2.45, 2.75) is 20.8 Å². The summed E-state index contributed by atoms with van der Waals surface area (Å²) in [6, 6.07) is 5.67. The molecular weight excluding hydrogens is 212 g/mol. The third-order valence-corrected chi connectivity index (χ3v) is 2.18. The molecule has 0 N–H and O–H groups in total. The normalized spacial score (nSPS) is 9.33. The zero-order chi connectivity index (χ0) is 11.3. The number of aryl methyl sites for hydroxylation is 1. The number of nitrogens with zero attached hydrogens (tertiary/aromatic N) is 4. The first-order chi connectivity index (χ1) is 7.27. The first-order valence-corrected chi connectivity index (χ1v) is 5.14. The summed E-state index contributed by atoms with van der Waals surface area (Å²) in [5.74, 6) is 0. The van der Waals surface area contributed by atoms with Gasteiger partial charge in [0, 0.05) is 5.02 Å². The summed E-state index contributed by atoms with van der Waals surface area (Å²) in [6.45, 7) is 5.95. The van der Waals surface area contributed by atoms with Crippen molar-refractivity contribution in [3.8, 4) is 5.69 Å². The second-order valence-electron chi connectivity index (χ2n) is 2.69. The molecule has 15 heavy (non-hydrogen) atoms. The molecule has 0 atom stereocenters. The van der Waals surface area contributed by atoms with Crippen molar-refractivity contribution in [3.05, 3.63) is 35.1 Å². The molecule has 0 aliphatic rings. The standard InChI is InChI=1S/C8H7ClN4.C2H6/c1-6-2-3-7(4-8(6)9)13-5-10-11-12-13;1-2/h2-5H,1H3;1-2H3. The molecule has 0 saturated heterocycles. The molecule has 0 bridgehead atoms. The van der Waals surface area contributed by atoms with Crippen molar-refractivity contribution in [2.75, 3.05) is 0 Å². The van der Waals surface area contributed by atoms with E-state index in [0.29, 0.717) is 5.02 Å². The average molecular weight is 225 g/mol. The van der Waals surface area contributed by atoms with Gasteiger partial charge in [0.05, 0.1) is 5.69 Å². The Morgan fingerprint density at radius 3 is 2.53 bits per heavy atom. The van der Waals surface area contributed by atoms with Crippen LogP contribution in [0.25, 0.3) is 5.69 Å². The summed E-state index contributed by atoms with van der Waals surface area (Å²) < 4.78 is 1.56. The Labute approximate surface area is 93.9 Å². The lowest BCUT2D eigenvalue weighted by Gasteiger charge is -2.01. The molecule has 0 aliphatic carbocycles. The number of rotatable bonds is 1. The van der Waals surface area contributed by atoms with E-state index in [9.17, 15) is 0 Å². The lowest BCUT2D eigenvalue weighted by molar-refractivity contribution is 0.789. The third kappa shape index (κ3) is 2.76. The first kappa shape index (κ1) is 11.7. The van der Waals surface area contributed by atoms with E-state index in [1.807, 2.05) is 39.0 Å².